The Labute approximate surface area is 119 Å². The summed E-state index contributed by atoms with van der Waals surface area (Å²) < 4.78 is 1.58. The highest BCUT2D eigenvalue weighted by atomic mass is 32.2. The van der Waals surface area contributed by atoms with Crippen LogP contribution >= 0.6 is 11.8 Å². The predicted octanol–water partition coefficient (Wildman–Crippen LogP) is 1.37. The number of aromatic nitrogens is 4. The quantitative estimate of drug-likeness (QED) is 0.780. The van der Waals surface area contributed by atoms with Crippen LogP contribution < -0.4 is 5.69 Å². The Balaban J connectivity index is 2.05. The number of nitrogens with one attached hydrogen (secondary N) is 1. The van der Waals surface area contributed by atoms with Crippen molar-refractivity contribution in [1.29, 1.82) is 0 Å². The zero-order valence-corrected chi connectivity index (χ0v) is 11.7. The van der Waals surface area contributed by atoms with Gasteiger partial charge in [-0.2, -0.15) is 0 Å². The van der Waals surface area contributed by atoms with Gasteiger partial charge in [-0.1, -0.05) is 18.7 Å². The number of nitrogens with zero attached hydrogens (tertiary/aromatic N) is 3. The van der Waals surface area contributed by atoms with Crippen LogP contribution in [0.25, 0.3) is 0 Å². The number of H-pyrrole nitrogens is 1. The maximum absolute atomic E-state index is 11.5. The minimum Gasteiger partial charge on any atom is -0.478 e. The molecule has 0 amide bonds. The first-order valence-electron chi connectivity index (χ1n) is 6.08. The molecule has 0 aliphatic carbocycles. The zero-order valence-electron chi connectivity index (χ0n) is 10.9. The third kappa shape index (κ3) is 3.27. The predicted molar refractivity (Wildman–Crippen MR) is 73.9 cm³/mol. The molecule has 2 aromatic rings. The molecule has 0 aliphatic rings. The number of thioether (sulfide) groups is 1. The molecule has 0 saturated carbocycles. The minimum atomic E-state index is -0.999. The number of carbonyl (C=O) groups is 1. The highest BCUT2D eigenvalue weighted by Gasteiger charge is 2.09. The summed E-state index contributed by atoms with van der Waals surface area (Å²) in [7, 11) is 0. The monoisotopic (exact) mass is 294 g/mol. The van der Waals surface area contributed by atoms with Gasteiger partial charge in [0.15, 0.2) is 5.16 Å². The molecule has 0 unspecified atom stereocenters. The van der Waals surface area contributed by atoms with Crippen molar-refractivity contribution < 1.29 is 9.90 Å². The Morgan fingerprint density at radius 1 is 1.50 bits per heavy atom. The maximum Gasteiger partial charge on any atom is 0.343 e. The van der Waals surface area contributed by atoms with Crippen LogP contribution in [0.15, 0.2) is 28.3 Å². The van der Waals surface area contributed by atoms with E-state index in [1.54, 1.807) is 10.6 Å². The second kappa shape index (κ2) is 6.38. The van der Waals surface area contributed by atoms with E-state index in [1.807, 2.05) is 6.92 Å². The van der Waals surface area contributed by atoms with E-state index in [2.05, 4.69) is 15.2 Å². The van der Waals surface area contributed by atoms with Crippen molar-refractivity contribution in [2.75, 3.05) is 0 Å². The number of aromatic amines is 1. The average Bonchev–Trinajstić information content (AvgIpc) is 2.79. The van der Waals surface area contributed by atoms with E-state index in [4.69, 9.17) is 5.11 Å². The van der Waals surface area contributed by atoms with E-state index in [0.717, 1.165) is 12.1 Å². The van der Waals surface area contributed by atoms with Gasteiger partial charge < -0.3 is 5.11 Å². The standard InChI is InChI=1S/C12H14N4O3S/c1-2-5-16-11(19)14-15-12(16)20-7-9-4-3-8(6-13-9)10(17)18/h3-4,6H,2,5,7H2,1H3,(H,14,19)(H,17,18). The maximum atomic E-state index is 11.5. The van der Waals surface area contributed by atoms with Crippen LogP contribution in [-0.4, -0.2) is 30.8 Å². The summed E-state index contributed by atoms with van der Waals surface area (Å²) in [5.41, 5.74) is 0.670. The molecule has 8 heteroatoms. The van der Waals surface area contributed by atoms with Gasteiger partial charge in [0, 0.05) is 18.5 Å². The van der Waals surface area contributed by atoms with Crippen LogP contribution in [0, 0.1) is 0 Å². The summed E-state index contributed by atoms with van der Waals surface area (Å²) in [6.45, 7) is 2.60. The van der Waals surface area contributed by atoms with E-state index in [1.165, 1.54) is 24.0 Å². The SMILES string of the molecule is CCCn1c(SCc2ccc(C(=O)O)cn2)n[nH]c1=O. The Morgan fingerprint density at radius 2 is 2.30 bits per heavy atom. The normalized spacial score (nSPS) is 10.7. The van der Waals surface area contributed by atoms with E-state index in [0.29, 0.717) is 17.5 Å². The molecule has 0 aliphatic heterocycles. The number of carboxylic acids is 1. The van der Waals surface area contributed by atoms with Crippen LogP contribution in [-0.2, 0) is 12.3 Å². The molecule has 0 atom stereocenters. The van der Waals surface area contributed by atoms with Crippen molar-refractivity contribution in [3.05, 3.63) is 40.1 Å². The molecule has 0 aromatic carbocycles. The van der Waals surface area contributed by atoms with Gasteiger partial charge in [-0.15, -0.1) is 5.10 Å². The molecular weight excluding hydrogens is 280 g/mol. The summed E-state index contributed by atoms with van der Waals surface area (Å²) >= 11 is 1.39. The molecule has 0 radical (unpaired) electrons. The smallest absolute Gasteiger partial charge is 0.343 e. The lowest BCUT2D eigenvalue weighted by Gasteiger charge is -2.03. The summed E-state index contributed by atoms with van der Waals surface area (Å²) in [4.78, 5) is 26.3. The molecule has 106 valence electrons. The van der Waals surface area contributed by atoms with Crippen molar-refractivity contribution in [1.82, 2.24) is 19.7 Å². The molecule has 0 bridgehead atoms. The molecule has 2 N–H and O–H groups in total. The van der Waals surface area contributed by atoms with Crippen molar-refractivity contribution >= 4 is 17.7 Å². The van der Waals surface area contributed by atoms with Gasteiger partial charge in [0.2, 0.25) is 0 Å². The lowest BCUT2D eigenvalue weighted by atomic mass is 10.2. The second-order valence-corrected chi connectivity index (χ2v) is 5.04. The van der Waals surface area contributed by atoms with Gasteiger partial charge >= 0.3 is 11.7 Å². The highest BCUT2D eigenvalue weighted by molar-refractivity contribution is 7.98. The summed E-state index contributed by atoms with van der Waals surface area (Å²) in [5, 5.41) is 15.8. The topological polar surface area (TPSA) is 101 Å². The Bertz CT molecular complexity index is 647. The summed E-state index contributed by atoms with van der Waals surface area (Å²) in [6.07, 6.45) is 2.17. The van der Waals surface area contributed by atoms with Gasteiger partial charge in [0.25, 0.3) is 0 Å². The molecule has 0 fully saturated rings. The summed E-state index contributed by atoms with van der Waals surface area (Å²) in [5.74, 6) is -0.478. The number of hydrogen-bond donors (Lipinski definition) is 2. The summed E-state index contributed by atoms with van der Waals surface area (Å²) in [6, 6.07) is 3.17. The first-order chi connectivity index (χ1) is 9.61. The molecule has 2 heterocycles. The van der Waals surface area contributed by atoms with E-state index < -0.39 is 5.97 Å². The van der Waals surface area contributed by atoms with Crippen molar-refractivity contribution in [2.45, 2.75) is 30.8 Å². The first kappa shape index (κ1) is 14.3. The number of carboxylic acid groups (broad SMARTS) is 1. The largest absolute Gasteiger partial charge is 0.478 e. The zero-order chi connectivity index (χ0) is 14.5. The van der Waals surface area contributed by atoms with Crippen LogP contribution in [0.4, 0.5) is 0 Å². The minimum absolute atomic E-state index is 0.154. The van der Waals surface area contributed by atoms with Crippen molar-refractivity contribution in [2.24, 2.45) is 0 Å². The van der Waals surface area contributed by atoms with Crippen molar-refractivity contribution in [3.63, 3.8) is 0 Å². The third-order valence-electron chi connectivity index (χ3n) is 2.59. The van der Waals surface area contributed by atoms with E-state index in [-0.39, 0.29) is 11.3 Å². The molecule has 2 rings (SSSR count). The van der Waals surface area contributed by atoms with E-state index >= 15 is 0 Å². The van der Waals surface area contributed by atoms with Crippen LogP contribution in [0.1, 0.15) is 29.4 Å². The lowest BCUT2D eigenvalue weighted by Crippen LogP contribution is -2.17. The van der Waals surface area contributed by atoms with Crippen LogP contribution in [0.5, 0.6) is 0 Å². The molecular formula is C12H14N4O3S. The van der Waals surface area contributed by atoms with Crippen molar-refractivity contribution in [3.8, 4) is 0 Å². The van der Waals surface area contributed by atoms with Gasteiger partial charge in [-0.3, -0.25) is 9.55 Å². The molecule has 7 nitrogen and oxygen atoms in total. The number of hydrogen-bond acceptors (Lipinski definition) is 5. The fourth-order valence-electron chi connectivity index (χ4n) is 1.61. The Hall–Kier alpha value is -2.09. The Morgan fingerprint density at radius 3 is 2.90 bits per heavy atom. The number of pyridine rings is 1. The molecule has 0 spiro atoms. The first-order valence-corrected chi connectivity index (χ1v) is 7.06. The third-order valence-corrected chi connectivity index (χ3v) is 3.60. The van der Waals surface area contributed by atoms with Crippen LogP contribution in [0.2, 0.25) is 0 Å². The van der Waals surface area contributed by atoms with Gasteiger partial charge in [0.05, 0.1) is 11.3 Å². The lowest BCUT2D eigenvalue weighted by molar-refractivity contribution is 0.0696. The van der Waals surface area contributed by atoms with Gasteiger partial charge in [-0.05, 0) is 18.6 Å². The van der Waals surface area contributed by atoms with Gasteiger partial charge in [-0.25, -0.2) is 14.7 Å². The highest BCUT2D eigenvalue weighted by Crippen LogP contribution is 2.18. The average molecular weight is 294 g/mol. The fraction of sp³-hybridized carbons (Fsp3) is 0.333. The van der Waals surface area contributed by atoms with Gasteiger partial charge in [0.1, 0.15) is 0 Å². The second-order valence-electron chi connectivity index (χ2n) is 4.10. The van der Waals surface area contributed by atoms with Crippen LogP contribution in [0.3, 0.4) is 0 Å². The number of rotatable bonds is 6. The molecule has 2 aromatic heterocycles. The fourth-order valence-corrected chi connectivity index (χ4v) is 2.50. The number of aromatic carboxylic acids is 1. The Kier molecular flexibility index (Phi) is 4.57. The molecule has 0 saturated heterocycles. The molecule has 20 heavy (non-hydrogen) atoms. The van der Waals surface area contributed by atoms with E-state index in [9.17, 15) is 9.59 Å².